The Morgan fingerprint density at radius 3 is 1.90 bits per heavy atom. The van der Waals surface area contributed by atoms with Gasteiger partial charge in [-0.15, -0.1) is 0 Å². The molecule has 1 atom stereocenters. The monoisotopic (exact) mass is 428 g/mol. The molecular formula is C21H17F5O4. The van der Waals surface area contributed by atoms with Crippen molar-refractivity contribution >= 4 is 17.8 Å². The molecule has 0 saturated carbocycles. The summed E-state index contributed by atoms with van der Waals surface area (Å²) in [6.45, 7) is 2.53. The maximum Gasteiger partial charge on any atom is 0.302 e. The van der Waals surface area contributed by atoms with Gasteiger partial charge in [-0.1, -0.05) is 0 Å². The van der Waals surface area contributed by atoms with Gasteiger partial charge < -0.3 is 9.47 Å². The summed E-state index contributed by atoms with van der Waals surface area (Å²) >= 11 is 0. The molecule has 0 radical (unpaired) electrons. The average molecular weight is 428 g/mol. The number of ketones is 1. The Hall–Kier alpha value is -3.23. The third-order valence-electron chi connectivity index (χ3n) is 4.08. The van der Waals surface area contributed by atoms with E-state index >= 15 is 0 Å². The second-order valence-electron chi connectivity index (χ2n) is 6.33. The summed E-state index contributed by atoms with van der Waals surface area (Å²) in [6.07, 6.45) is -0.663. The van der Waals surface area contributed by atoms with Gasteiger partial charge in [0.05, 0.1) is 12.7 Å². The third-order valence-corrected chi connectivity index (χ3v) is 4.08. The standard InChI is InChI=1S/C21H17F5O4/c1-10(30-11(2)27)8-13(21(28)12-4-6-14(29-3)7-5-12)9-15-16(22)18(24)20(26)19(25)17(15)23/h4-7,9-10H,8H2,1-3H3/b13-9+. The molecule has 2 aromatic rings. The van der Waals surface area contributed by atoms with Gasteiger partial charge in [0, 0.05) is 24.5 Å². The van der Waals surface area contributed by atoms with Crippen LogP contribution in [0.4, 0.5) is 22.0 Å². The quantitative estimate of drug-likeness (QED) is 0.156. The van der Waals surface area contributed by atoms with Gasteiger partial charge in [0.25, 0.3) is 0 Å². The highest BCUT2D eigenvalue weighted by Gasteiger charge is 2.26. The first kappa shape index (κ1) is 23.1. The number of ether oxygens (including phenoxy) is 2. The third kappa shape index (κ3) is 5.03. The predicted octanol–water partition coefficient (Wildman–Crippen LogP) is 5.00. The van der Waals surface area contributed by atoms with Crippen molar-refractivity contribution in [1.29, 1.82) is 0 Å². The van der Waals surface area contributed by atoms with Crippen molar-refractivity contribution in [3.8, 4) is 5.75 Å². The van der Waals surface area contributed by atoms with Crippen LogP contribution in [0, 0.1) is 29.1 Å². The fourth-order valence-corrected chi connectivity index (χ4v) is 2.70. The highest BCUT2D eigenvalue weighted by Crippen LogP contribution is 2.27. The Bertz CT molecular complexity index is 970. The number of benzene rings is 2. The number of Topliss-reactive ketones (excluding diaryl/α,β-unsaturated/α-hetero) is 1. The van der Waals surface area contributed by atoms with Crippen LogP contribution < -0.4 is 4.74 Å². The van der Waals surface area contributed by atoms with E-state index in [4.69, 9.17) is 9.47 Å². The molecule has 4 nitrogen and oxygen atoms in total. The molecule has 30 heavy (non-hydrogen) atoms. The largest absolute Gasteiger partial charge is 0.497 e. The average Bonchev–Trinajstić information content (AvgIpc) is 2.72. The van der Waals surface area contributed by atoms with Crippen LogP contribution in [-0.4, -0.2) is 25.0 Å². The number of halogens is 5. The van der Waals surface area contributed by atoms with E-state index in [1.807, 2.05) is 0 Å². The van der Waals surface area contributed by atoms with Crippen LogP contribution in [0.1, 0.15) is 36.2 Å². The lowest BCUT2D eigenvalue weighted by Crippen LogP contribution is -2.17. The van der Waals surface area contributed by atoms with Crippen molar-refractivity contribution in [2.75, 3.05) is 7.11 Å². The van der Waals surface area contributed by atoms with Crippen LogP contribution in [0.3, 0.4) is 0 Å². The lowest BCUT2D eigenvalue weighted by atomic mass is 9.96. The molecule has 0 fully saturated rings. The zero-order valence-electron chi connectivity index (χ0n) is 16.2. The van der Waals surface area contributed by atoms with E-state index in [1.165, 1.54) is 38.3 Å². The molecule has 0 aromatic heterocycles. The van der Waals surface area contributed by atoms with E-state index < -0.39 is 52.5 Å². The summed E-state index contributed by atoms with van der Waals surface area (Å²) < 4.78 is 78.5. The molecule has 0 bridgehead atoms. The first-order valence-corrected chi connectivity index (χ1v) is 8.64. The van der Waals surface area contributed by atoms with Gasteiger partial charge >= 0.3 is 5.97 Å². The Balaban J connectivity index is 2.58. The van der Waals surface area contributed by atoms with Gasteiger partial charge in [0.2, 0.25) is 5.82 Å². The van der Waals surface area contributed by atoms with Crippen LogP contribution in [0.2, 0.25) is 0 Å². The minimum Gasteiger partial charge on any atom is -0.497 e. The fraction of sp³-hybridized carbons (Fsp3) is 0.238. The van der Waals surface area contributed by atoms with E-state index in [0.29, 0.717) is 11.8 Å². The number of hydrogen-bond donors (Lipinski definition) is 0. The summed E-state index contributed by atoms with van der Waals surface area (Å²) in [5, 5.41) is 0. The van der Waals surface area contributed by atoms with Crippen molar-refractivity contribution in [1.82, 2.24) is 0 Å². The zero-order valence-corrected chi connectivity index (χ0v) is 16.2. The van der Waals surface area contributed by atoms with Crippen molar-refractivity contribution in [2.45, 2.75) is 26.4 Å². The molecule has 0 heterocycles. The Morgan fingerprint density at radius 1 is 0.933 bits per heavy atom. The molecule has 0 saturated heterocycles. The lowest BCUT2D eigenvalue weighted by molar-refractivity contribution is -0.145. The highest BCUT2D eigenvalue weighted by atomic mass is 19.2. The van der Waals surface area contributed by atoms with Crippen molar-refractivity contribution < 1.29 is 41.0 Å². The SMILES string of the molecule is COc1ccc(C(=O)/C(=C/c2c(F)c(F)c(F)c(F)c2F)CC(C)OC(C)=O)cc1. The van der Waals surface area contributed by atoms with E-state index in [0.717, 1.165) is 6.92 Å². The van der Waals surface area contributed by atoms with E-state index in [1.54, 1.807) is 0 Å². The van der Waals surface area contributed by atoms with Crippen LogP contribution in [0.5, 0.6) is 5.75 Å². The van der Waals surface area contributed by atoms with Gasteiger partial charge in [-0.25, -0.2) is 22.0 Å². The second-order valence-corrected chi connectivity index (χ2v) is 6.33. The van der Waals surface area contributed by atoms with E-state index in [2.05, 4.69) is 0 Å². The molecule has 0 amide bonds. The Labute approximate surface area is 168 Å². The fourth-order valence-electron chi connectivity index (χ4n) is 2.70. The van der Waals surface area contributed by atoms with E-state index in [9.17, 15) is 31.5 Å². The van der Waals surface area contributed by atoms with Crippen LogP contribution in [-0.2, 0) is 9.53 Å². The molecule has 0 aliphatic carbocycles. The second kappa shape index (κ2) is 9.51. The maximum absolute atomic E-state index is 14.1. The molecule has 0 N–H and O–H groups in total. The first-order chi connectivity index (χ1) is 14.1. The van der Waals surface area contributed by atoms with Crippen molar-refractivity contribution in [2.24, 2.45) is 0 Å². The highest BCUT2D eigenvalue weighted by molar-refractivity contribution is 6.11. The van der Waals surface area contributed by atoms with Gasteiger partial charge in [-0.2, -0.15) is 0 Å². The molecule has 0 spiro atoms. The zero-order chi connectivity index (χ0) is 22.6. The molecule has 0 aliphatic heterocycles. The number of carbonyl (C=O) groups excluding carboxylic acids is 2. The smallest absolute Gasteiger partial charge is 0.302 e. The topological polar surface area (TPSA) is 52.6 Å². The van der Waals surface area contributed by atoms with Gasteiger partial charge in [0.1, 0.15) is 11.9 Å². The minimum absolute atomic E-state index is 0.0703. The van der Waals surface area contributed by atoms with E-state index in [-0.39, 0.29) is 17.6 Å². The number of hydrogen-bond acceptors (Lipinski definition) is 4. The molecule has 2 aromatic carbocycles. The van der Waals surface area contributed by atoms with Gasteiger partial charge in [-0.3, -0.25) is 9.59 Å². The normalized spacial score (nSPS) is 12.5. The number of carbonyl (C=O) groups is 2. The predicted molar refractivity (Wildman–Crippen MR) is 97.4 cm³/mol. The summed E-state index contributed by atoms with van der Waals surface area (Å²) in [4.78, 5) is 24.0. The van der Waals surface area contributed by atoms with Crippen molar-refractivity contribution in [3.63, 3.8) is 0 Å². The van der Waals surface area contributed by atoms with Crippen molar-refractivity contribution in [3.05, 3.63) is 70.1 Å². The molecule has 160 valence electrons. The van der Waals surface area contributed by atoms with Crippen LogP contribution in [0.25, 0.3) is 6.08 Å². The van der Waals surface area contributed by atoms with Crippen LogP contribution >= 0.6 is 0 Å². The van der Waals surface area contributed by atoms with Gasteiger partial charge in [0.15, 0.2) is 29.1 Å². The lowest BCUT2D eigenvalue weighted by Gasteiger charge is -2.15. The summed E-state index contributed by atoms with van der Waals surface area (Å²) in [7, 11) is 1.41. The van der Waals surface area contributed by atoms with Gasteiger partial charge in [-0.05, 0) is 37.3 Å². The first-order valence-electron chi connectivity index (χ1n) is 8.64. The molecule has 9 heteroatoms. The molecule has 0 aliphatic rings. The number of rotatable bonds is 7. The Kier molecular flexibility index (Phi) is 7.31. The maximum atomic E-state index is 14.1. The summed E-state index contributed by atoms with van der Waals surface area (Å²) in [5.74, 6) is -11.7. The number of methoxy groups -OCH3 is 1. The van der Waals surface area contributed by atoms with Crippen LogP contribution in [0.15, 0.2) is 29.8 Å². The molecule has 1 unspecified atom stereocenters. The molecular weight excluding hydrogens is 411 g/mol. The summed E-state index contributed by atoms with van der Waals surface area (Å²) in [6, 6.07) is 5.64. The Morgan fingerprint density at radius 2 is 1.43 bits per heavy atom. The molecule has 2 rings (SSSR count). The minimum atomic E-state index is -2.31. The number of esters is 1. The summed E-state index contributed by atoms with van der Waals surface area (Å²) in [5.41, 5.74) is -1.52.